The van der Waals surface area contributed by atoms with E-state index in [1.54, 1.807) is 6.20 Å². The topological polar surface area (TPSA) is 94.2 Å². The van der Waals surface area contributed by atoms with Gasteiger partial charge in [0.1, 0.15) is 5.54 Å². The van der Waals surface area contributed by atoms with Gasteiger partial charge in [-0.1, -0.05) is 30.3 Å². The lowest BCUT2D eigenvalue weighted by Crippen LogP contribution is -3.14. The monoisotopic (exact) mass is 433 g/mol. The molecule has 0 aliphatic carbocycles. The number of amides is 2. The van der Waals surface area contributed by atoms with E-state index in [2.05, 4.69) is 37.6 Å². The highest BCUT2D eigenvalue weighted by Crippen LogP contribution is 2.33. The van der Waals surface area contributed by atoms with E-state index in [1.807, 2.05) is 42.5 Å². The maximum Gasteiger partial charge on any atom is 0.333 e. The summed E-state index contributed by atoms with van der Waals surface area (Å²) in [6.07, 6.45) is 3.32. The van der Waals surface area contributed by atoms with Crippen molar-refractivity contribution >= 4 is 28.5 Å². The molecule has 1 spiro atoms. The summed E-state index contributed by atoms with van der Waals surface area (Å²) < 4.78 is 0. The Morgan fingerprint density at radius 2 is 1.78 bits per heavy atom. The minimum atomic E-state index is -0.454. The van der Waals surface area contributed by atoms with Crippen LogP contribution in [0, 0.1) is 0 Å². The van der Waals surface area contributed by atoms with Gasteiger partial charge in [0.05, 0.1) is 32.8 Å². The second-order valence-corrected chi connectivity index (χ2v) is 8.59. The number of hydrogen-bond donors (Lipinski definition) is 3. The van der Waals surface area contributed by atoms with E-state index in [-0.39, 0.29) is 11.8 Å². The largest absolute Gasteiger partial charge is 0.341 e. The van der Waals surface area contributed by atoms with E-state index in [0.717, 1.165) is 49.2 Å². The third kappa shape index (κ3) is 3.78. The van der Waals surface area contributed by atoms with Gasteiger partial charge >= 0.3 is 11.6 Å². The van der Waals surface area contributed by atoms with E-state index < -0.39 is 5.54 Å². The van der Waals surface area contributed by atoms with Crippen molar-refractivity contribution in [2.24, 2.45) is 0 Å². The number of aromatic amines is 2. The predicted molar refractivity (Wildman–Crippen MR) is 119 cm³/mol. The third-order valence-corrected chi connectivity index (χ3v) is 6.77. The van der Waals surface area contributed by atoms with Crippen molar-refractivity contribution in [1.29, 1.82) is 0 Å². The molecule has 8 nitrogen and oxygen atoms in total. The lowest BCUT2D eigenvalue weighted by molar-refractivity contribution is -0.904. The fourth-order valence-electron chi connectivity index (χ4n) is 4.92. The fraction of sp³-hybridized carbons (Fsp3) is 0.333. The molecule has 1 aromatic heterocycles. The molecule has 3 heterocycles. The van der Waals surface area contributed by atoms with Gasteiger partial charge in [-0.3, -0.25) is 9.59 Å². The van der Waals surface area contributed by atoms with Crippen LogP contribution < -0.4 is 30.4 Å². The van der Waals surface area contributed by atoms with Gasteiger partial charge in [0, 0.05) is 30.7 Å². The maximum atomic E-state index is 12.8. The molecule has 2 amide bonds. The van der Waals surface area contributed by atoms with E-state index >= 15 is 0 Å². The number of H-pyrrole nitrogens is 2. The first-order valence-corrected chi connectivity index (χ1v) is 11.2. The number of aromatic nitrogens is 2. The molecular weight excluding hydrogens is 404 g/mol. The van der Waals surface area contributed by atoms with E-state index in [1.165, 1.54) is 4.90 Å². The number of piperidine rings is 1. The highest BCUT2D eigenvalue weighted by molar-refractivity contribution is 5.93. The van der Waals surface area contributed by atoms with E-state index in [9.17, 15) is 9.59 Å². The first kappa shape index (κ1) is 20.4. The number of hydrogen-bond acceptors (Lipinski definition) is 3. The lowest BCUT2D eigenvalue weighted by atomic mass is 9.85. The van der Waals surface area contributed by atoms with Crippen molar-refractivity contribution < 1.29 is 24.5 Å². The molecule has 32 heavy (non-hydrogen) atoms. The Kier molecular flexibility index (Phi) is 5.45. The molecule has 8 heteroatoms. The maximum absolute atomic E-state index is 12.8. The van der Waals surface area contributed by atoms with Crippen LogP contribution in [0.15, 0.2) is 60.8 Å². The van der Waals surface area contributed by atoms with E-state index in [4.69, 9.17) is 0 Å². The minimum Gasteiger partial charge on any atom is -0.341 e. The zero-order chi connectivity index (χ0) is 22.0. The summed E-state index contributed by atoms with van der Waals surface area (Å²) in [5.41, 5.74) is 2.99. The van der Waals surface area contributed by atoms with Crippen molar-refractivity contribution in [2.45, 2.75) is 18.4 Å². The van der Waals surface area contributed by atoms with Crippen molar-refractivity contribution in [3.05, 3.63) is 66.5 Å². The summed E-state index contributed by atoms with van der Waals surface area (Å²) in [4.78, 5) is 35.3. The molecule has 5 N–H and O–H groups in total. The van der Waals surface area contributed by atoms with Gasteiger partial charge in [-0.25, -0.2) is 0 Å². The Labute approximate surface area is 186 Å². The lowest BCUT2D eigenvalue weighted by Gasteiger charge is -2.41. The normalized spacial score (nSPS) is 22.8. The van der Waals surface area contributed by atoms with Crippen LogP contribution in [0.3, 0.4) is 0 Å². The number of nitrogens with zero attached hydrogens (tertiary/aromatic N) is 1. The molecule has 2 aromatic carbocycles. The molecule has 0 radical (unpaired) electrons. The zero-order valence-corrected chi connectivity index (χ0v) is 18.0. The van der Waals surface area contributed by atoms with Gasteiger partial charge in [0.25, 0.3) is 11.0 Å². The summed E-state index contributed by atoms with van der Waals surface area (Å²) in [6.45, 7) is 3.81. The molecule has 2 fully saturated rings. The van der Waals surface area contributed by atoms with Gasteiger partial charge in [0.2, 0.25) is 12.1 Å². The van der Waals surface area contributed by atoms with Gasteiger partial charge in [-0.05, 0) is 12.1 Å². The number of likely N-dealkylation sites (tertiary alicyclic amines) is 1. The van der Waals surface area contributed by atoms with Crippen LogP contribution in [0.2, 0.25) is 0 Å². The van der Waals surface area contributed by atoms with Gasteiger partial charge in [-0.15, -0.1) is 0 Å². The number of anilines is 1. The van der Waals surface area contributed by atoms with Crippen LogP contribution in [0.1, 0.15) is 23.3 Å². The number of carbonyl (C=O) groups is 2. The molecule has 0 atom stereocenters. The van der Waals surface area contributed by atoms with Crippen molar-refractivity contribution in [3.8, 4) is 0 Å². The van der Waals surface area contributed by atoms with Crippen molar-refractivity contribution in [1.82, 2.24) is 10.6 Å². The van der Waals surface area contributed by atoms with Crippen LogP contribution in [0.25, 0.3) is 11.0 Å². The van der Waals surface area contributed by atoms with Crippen LogP contribution in [0.5, 0.6) is 0 Å². The molecule has 0 bridgehead atoms. The standard InChI is InChI=1S/C24H26N6O2/c31-22(21-16-26-19-8-4-5-9-20(19)28-21)25-12-15-29-13-10-24(11-14-29)23(32)27-17-30(24)18-6-2-1-3-7-18/h1-9,16H,10-15,17H2,(H,25,31)(H,27,32)/p+3. The molecule has 2 aliphatic rings. The molecule has 2 saturated heterocycles. The Hall–Kier alpha value is -3.52. The number of nitrogens with one attached hydrogen (secondary N) is 5. The summed E-state index contributed by atoms with van der Waals surface area (Å²) in [7, 11) is 0. The SMILES string of the molecule is O=C(NCC[NH+]1CCC2(CC1)C(=O)NCN2c1ccccc1)c1c[nH+]c2ccccc2[nH+]1. The van der Waals surface area contributed by atoms with Crippen LogP contribution in [-0.2, 0) is 4.79 Å². The quantitative estimate of drug-likeness (QED) is 0.492. The van der Waals surface area contributed by atoms with Crippen molar-refractivity contribution in [2.75, 3.05) is 37.7 Å². The number of rotatable bonds is 5. The smallest absolute Gasteiger partial charge is 0.333 e. The Morgan fingerprint density at radius 1 is 1.06 bits per heavy atom. The summed E-state index contributed by atoms with van der Waals surface area (Å²) in [5, 5.41) is 6.06. The Bertz CT molecular complexity index is 1130. The summed E-state index contributed by atoms with van der Waals surface area (Å²) >= 11 is 0. The molecule has 5 rings (SSSR count). The van der Waals surface area contributed by atoms with Crippen LogP contribution in [0.4, 0.5) is 5.69 Å². The molecular formula is C24H29N6O2+3. The molecule has 0 saturated carbocycles. The second kappa shape index (κ2) is 8.55. The highest BCUT2D eigenvalue weighted by atomic mass is 16.2. The number of quaternary nitrogens is 1. The van der Waals surface area contributed by atoms with Gasteiger partial charge < -0.3 is 20.4 Å². The van der Waals surface area contributed by atoms with Crippen LogP contribution >= 0.6 is 0 Å². The van der Waals surface area contributed by atoms with Gasteiger partial charge in [0.15, 0.2) is 0 Å². The fourth-order valence-corrected chi connectivity index (χ4v) is 4.92. The minimum absolute atomic E-state index is 0.120. The van der Waals surface area contributed by atoms with Crippen LogP contribution in [-0.4, -0.2) is 50.2 Å². The highest BCUT2D eigenvalue weighted by Gasteiger charge is 2.51. The summed E-state index contributed by atoms with van der Waals surface area (Å²) in [5.74, 6) is 0.0158. The number of benzene rings is 2. The number of para-hydroxylation sites is 3. The third-order valence-electron chi connectivity index (χ3n) is 6.77. The van der Waals surface area contributed by atoms with E-state index in [0.29, 0.717) is 18.9 Å². The zero-order valence-electron chi connectivity index (χ0n) is 18.0. The summed E-state index contributed by atoms with van der Waals surface area (Å²) in [6, 6.07) is 17.9. The molecule has 3 aromatic rings. The average Bonchev–Trinajstić information content (AvgIpc) is 3.16. The van der Waals surface area contributed by atoms with Gasteiger partial charge in [-0.2, -0.15) is 9.97 Å². The average molecular weight is 434 g/mol. The molecule has 164 valence electrons. The first-order chi connectivity index (χ1) is 15.7. The molecule has 2 aliphatic heterocycles. The first-order valence-electron chi connectivity index (χ1n) is 11.2. The molecule has 0 unspecified atom stereocenters. The number of fused-ring (bicyclic) bond motifs is 1. The number of carbonyl (C=O) groups excluding carboxylic acids is 2. The second-order valence-electron chi connectivity index (χ2n) is 8.59. The predicted octanol–water partition coefficient (Wildman–Crippen LogP) is -0.791. The van der Waals surface area contributed by atoms with Crippen molar-refractivity contribution in [3.63, 3.8) is 0 Å². The Morgan fingerprint density at radius 3 is 2.56 bits per heavy atom. The Balaban J connectivity index is 1.15.